The largest absolute Gasteiger partial charge is 0.334 e. The molecule has 2 heterocycles. The second-order valence-corrected chi connectivity index (χ2v) is 5.09. The maximum absolute atomic E-state index is 12.1. The molecule has 0 atom stereocenters. The highest BCUT2D eigenvalue weighted by Crippen LogP contribution is 2.15. The number of anilines is 1. The van der Waals surface area contributed by atoms with E-state index in [4.69, 9.17) is 0 Å². The number of nitrogens with zero attached hydrogens (tertiary/aromatic N) is 3. The van der Waals surface area contributed by atoms with Crippen molar-refractivity contribution < 1.29 is 4.79 Å². The lowest BCUT2D eigenvalue weighted by Crippen LogP contribution is -2.14. The van der Waals surface area contributed by atoms with Gasteiger partial charge in [0.25, 0.3) is 0 Å². The summed E-state index contributed by atoms with van der Waals surface area (Å²) in [5.41, 5.74) is 4.56. The maximum atomic E-state index is 12.1. The van der Waals surface area contributed by atoms with Crippen LogP contribution in [-0.4, -0.2) is 20.4 Å². The molecule has 0 fully saturated rings. The summed E-state index contributed by atoms with van der Waals surface area (Å²) in [7, 11) is 1.95. The Morgan fingerprint density at radius 2 is 2.10 bits per heavy atom. The molecule has 3 rings (SSSR count). The monoisotopic (exact) mass is 280 g/mol. The molecule has 0 aliphatic carbocycles. The van der Waals surface area contributed by atoms with Gasteiger partial charge in [-0.25, -0.2) is 4.98 Å². The number of aromatic nitrogens is 3. The molecule has 5 nitrogen and oxygen atoms in total. The molecule has 0 saturated heterocycles. The summed E-state index contributed by atoms with van der Waals surface area (Å²) in [5.74, 6) is -0.0455. The van der Waals surface area contributed by atoms with Crippen molar-refractivity contribution >= 4 is 22.6 Å². The van der Waals surface area contributed by atoms with E-state index < -0.39 is 0 Å². The average Bonchev–Trinajstić information content (AvgIpc) is 2.80. The van der Waals surface area contributed by atoms with Crippen molar-refractivity contribution in [2.45, 2.75) is 13.3 Å². The highest BCUT2D eigenvalue weighted by atomic mass is 16.1. The van der Waals surface area contributed by atoms with Crippen LogP contribution in [0, 0.1) is 6.92 Å². The molecule has 0 saturated carbocycles. The lowest BCUT2D eigenvalue weighted by molar-refractivity contribution is -0.115. The van der Waals surface area contributed by atoms with Gasteiger partial charge in [0.15, 0.2) is 0 Å². The van der Waals surface area contributed by atoms with E-state index in [0.29, 0.717) is 6.42 Å². The molecule has 0 spiro atoms. The zero-order valence-corrected chi connectivity index (χ0v) is 12.0. The Balaban J connectivity index is 1.73. The quantitative estimate of drug-likeness (QED) is 0.801. The van der Waals surface area contributed by atoms with Gasteiger partial charge in [-0.1, -0.05) is 6.07 Å². The molecule has 106 valence electrons. The van der Waals surface area contributed by atoms with Gasteiger partial charge < -0.3 is 9.88 Å². The predicted octanol–water partition coefficient (Wildman–Crippen LogP) is 2.46. The molecule has 0 bridgehead atoms. The molecule has 0 aliphatic heterocycles. The summed E-state index contributed by atoms with van der Waals surface area (Å²) in [4.78, 5) is 20.5. The number of benzene rings is 1. The molecular weight excluding hydrogens is 264 g/mol. The summed E-state index contributed by atoms with van der Waals surface area (Å²) in [5, 5.41) is 2.88. The number of imidazole rings is 1. The molecule has 2 aromatic heterocycles. The SMILES string of the molecule is Cc1cc(NC(=O)Cc2ccc3c(c2)ncn3C)ccn1. The van der Waals surface area contributed by atoms with Crippen molar-refractivity contribution in [2.75, 3.05) is 5.32 Å². The lowest BCUT2D eigenvalue weighted by Gasteiger charge is -2.06. The predicted molar refractivity (Wildman–Crippen MR) is 82.0 cm³/mol. The number of nitrogens with one attached hydrogen (secondary N) is 1. The van der Waals surface area contributed by atoms with Crippen LogP contribution in [0.2, 0.25) is 0 Å². The van der Waals surface area contributed by atoms with E-state index in [0.717, 1.165) is 28.0 Å². The third kappa shape index (κ3) is 2.91. The maximum Gasteiger partial charge on any atom is 0.228 e. The van der Waals surface area contributed by atoms with Gasteiger partial charge in [0, 0.05) is 24.6 Å². The number of carbonyl (C=O) groups is 1. The molecule has 21 heavy (non-hydrogen) atoms. The lowest BCUT2D eigenvalue weighted by atomic mass is 10.1. The topological polar surface area (TPSA) is 59.8 Å². The van der Waals surface area contributed by atoms with E-state index in [1.807, 2.05) is 42.8 Å². The fraction of sp³-hybridized carbons (Fsp3) is 0.188. The molecule has 5 heteroatoms. The van der Waals surface area contributed by atoms with Gasteiger partial charge in [0.2, 0.25) is 5.91 Å². The highest BCUT2D eigenvalue weighted by Gasteiger charge is 2.07. The minimum absolute atomic E-state index is 0.0455. The first-order chi connectivity index (χ1) is 10.1. The van der Waals surface area contributed by atoms with Crippen LogP contribution < -0.4 is 5.32 Å². The number of aryl methyl sites for hydroxylation is 2. The fourth-order valence-electron chi connectivity index (χ4n) is 2.31. The number of hydrogen-bond acceptors (Lipinski definition) is 3. The van der Waals surface area contributed by atoms with Crippen LogP contribution in [0.25, 0.3) is 11.0 Å². The average molecular weight is 280 g/mol. The van der Waals surface area contributed by atoms with Crippen LogP contribution in [0.4, 0.5) is 5.69 Å². The van der Waals surface area contributed by atoms with Gasteiger partial charge in [0.1, 0.15) is 0 Å². The summed E-state index contributed by atoms with van der Waals surface area (Å²) < 4.78 is 1.96. The summed E-state index contributed by atoms with van der Waals surface area (Å²) >= 11 is 0. The Kier molecular flexibility index (Phi) is 3.39. The Morgan fingerprint density at radius 1 is 1.24 bits per heavy atom. The molecule has 0 radical (unpaired) electrons. The van der Waals surface area contributed by atoms with Gasteiger partial charge in [-0.2, -0.15) is 0 Å². The van der Waals surface area contributed by atoms with Gasteiger partial charge in [-0.3, -0.25) is 9.78 Å². The number of hydrogen-bond donors (Lipinski definition) is 1. The van der Waals surface area contributed by atoms with Crippen LogP contribution >= 0.6 is 0 Å². The Labute approximate surface area is 122 Å². The van der Waals surface area contributed by atoms with E-state index in [-0.39, 0.29) is 5.91 Å². The first-order valence-corrected chi connectivity index (χ1v) is 6.74. The molecule has 1 N–H and O–H groups in total. The van der Waals surface area contributed by atoms with Crippen LogP contribution in [0.5, 0.6) is 0 Å². The van der Waals surface area contributed by atoms with Gasteiger partial charge >= 0.3 is 0 Å². The number of amides is 1. The van der Waals surface area contributed by atoms with Gasteiger partial charge in [-0.15, -0.1) is 0 Å². The van der Waals surface area contributed by atoms with Crippen molar-refractivity contribution in [2.24, 2.45) is 7.05 Å². The normalized spacial score (nSPS) is 10.8. The summed E-state index contributed by atoms with van der Waals surface area (Å²) in [6.07, 6.45) is 3.78. The zero-order valence-electron chi connectivity index (χ0n) is 12.0. The fourth-order valence-corrected chi connectivity index (χ4v) is 2.31. The molecule has 1 amide bonds. The Hall–Kier alpha value is -2.69. The molecule has 0 aliphatic rings. The van der Waals surface area contributed by atoms with E-state index in [9.17, 15) is 4.79 Å². The van der Waals surface area contributed by atoms with E-state index >= 15 is 0 Å². The van der Waals surface area contributed by atoms with Crippen LogP contribution in [-0.2, 0) is 18.3 Å². The van der Waals surface area contributed by atoms with Gasteiger partial charge in [0.05, 0.1) is 23.8 Å². The summed E-state index contributed by atoms with van der Waals surface area (Å²) in [6.45, 7) is 1.89. The minimum Gasteiger partial charge on any atom is -0.334 e. The number of carbonyl (C=O) groups excluding carboxylic acids is 1. The summed E-state index contributed by atoms with van der Waals surface area (Å²) in [6, 6.07) is 9.53. The van der Waals surface area contributed by atoms with E-state index in [2.05, 4.69) is 15.3 Å². The van der Waals surface area contributed by atoms with Crippen LogP contribution in [0.3, 0.4) is 0 Å². The zero-order chi connectivity index (χ0) is 14.8. The Morgan fingerprint density at radius 3 is 2.90 bits per heavy atom. The highest BCUT2D eigenvalue weighted by molar-refractivity contribution is 5.92. The number of pyridine rings is 1. The van der Waals surface area contributed by atoms with E-state index in [1.165, 1.54) is 0 Å². The molecule has 1 aromatic carbocycles. The Bertz CT molecular complexity index is 807. The van der Waals surface area contributed by atoms with Crippen molar-refractivity contribution in [1.82, 2.24) is 14.5 Å². The first kappa shape index (κ1) is 13.3. The standard InChI is InChI=1S/C16H16N4O/c1-11-7-13(5-6-17-11)19-16(21)9-12-3-4-15-14(8-12)18-10-20(15)2/h3-8,10H,9H2,1-2H3,(H,17,19,21). The second-order valence-electron chi connectivity index (χ2n) is 5.09. The number of fused-ring (bicyclic) bond motifs is 1. The smallest absolute Gasteiger partial charge is 0.228 e. The van der Waals surface area contributed by atoms with E-state index in [1.54, 1.807) is 18.6 Å². The number of rotatable bonds is 3. The molecular formula is C16H16N4O. The minimum atomic E-state index is -0.0455. The van der Waals surface area contributed by atoms with Gasteiger partial charge in [-0.05, 0) is 36.8 Å². The second kappa shape index (κ2) is 5.36. The molecule has 3 aromatic rings. The van der Waals surface area contributed by atoms with Crippen molar-refractivity contribution in [3.8, 4) is 0 Å². The van der Waals surface area contributed by atoms with Crippen LogP contribution in [0.1, 0.15) is 11.3 Å². The van der Waals surface area contributed by atoms with Crippen LogP contribution in [0.15, 0.2) is 42.9 Å². The van der Waals surface area contributed by atoms with Crippen molar-refractivity contribution in [3.63, 3.8) is 0 Å². The van der Waals surface area contributed by atoms with Crippen molar-refractivity contribution in [1.29, 1.82) is 0 Å². The molecule has 0 unspecified atom stereocenters. The third-order valence-corrected chi connectivity index (χ3v) is 3.33. The third-order valence-electron chi connectivity index (χ3n) is 3.33. The first-order valence-electron chi connectivity index (χ1n) is 6.74. The van der Waals surface area contributed by atoms with Crippen molar-refractivity contribution in [3.05, 3.63) is 54.1 Å².